The van der Waals surface area contributed by atoms with Gasteiger partial charge in [0.25, 0.3) is 0 Å². The maximum Gasteiger partial charge on any atom is 0.231 e. The monoisotopic (exact) mass is 483 g/mol. The molecule has 3 aromatic carbocycles. The number of fused-ring (bicyclic) bond motifs is 5. The number of piperidine rings is 1. The minimum atomic E-state index is -0.502. The molecule has 4 aliphatic rings. The summed E-state index contributed by atoms with van der Waals surface area (Å²) in [5.41, 5.74) is 4.08. The van der Waals surface area contributed by atoms with Gasteiger partial charge in [0.1, 0.15) is 0 Å². The average Bonchev–Trinajstić information content (AvgIpc) is 3.58. The Balaban J connectivity index is 1.22. The fourth-order valence-electron chi connectivity index (χ4n) is 5.91. The van der Waals surface area contributed by atoms with Crippen LogP contribution in [0.15, 0.2) is 71.8 Å². The second-order valence-corrected chi connectivity index (χ2v) is 9.87. The molecular weight excluding hydrogens is 454 g/mol. The van der Waals surface area contributed by atoms with E-state index in [9.17, 15) is 0 Å². The third-order valence-corrected chi connectivity index (χ3v) is 7.80. The summed E-state index contributed by atoms with van der Waals surface area (Å²) in [4.78, 5) is 2.51. The Bertz CT molecular complexity index is 1320. The van der Waals surface area contributed by atoms with Gasteiger partial charge in [-0.2, -0.15) is 5.10 Å². The van der Waals surface area contributed by atoms with Crippen molar-refractivity contribution in [3.05, 3.63) is 83.4 Å². The van der Waals surface area contributed by atoms with Gasteiger partial charge in [0.15, 0.2) is 23.0 Å². The molecule has 36 heavy (non-hydrogen) atoms. The van der Waals surface area contributed by atoms with Crippen molar-refractivity contribution < 1.29 is 18.9 Å². The van der Waals surface area contributed by atoms with Crippen molar-refractivity contribution in [3.8, 4) is 23.0 Å². The van der Waals surface area contributed by atoms with Gasteiger partial charge in [-0.05, 0) is 29.8 Å². The van der Waals surface area contributed by atoms with E-state index in [2.05, 4.69) is 52.4 Å². The second-order valence-electron chi connectivity index (χ2n) is 9.87. The maximum absolute atomic E-state index is 6.88. The summed E-state index contributed by atoms with van der Waals surface area (Å²) in [7, 11) is 1.71. The Labute approximate surface area is 210 Å². The lowest BCUT2D eigenvalue weighted by Crippen LogP contribution is -2.59. The number of rotatable bonds is 4. The number of nitrogens with zero attached hydrogens (tertiary/aromatic N) is 3. The molecule has 0 aromatic heterocycles. The van der Waals surface area contributed by atoms with Crippen molar-refractivity contribution in [3.63, 3.8) is 0 Å². The lowest BCUT2D eigenvalue weighted by atomic mass is 9.90. The van der Waals surface area contributed by atoms with Crippen LogP contribution in [0.25, 0.3) is 0 Å². The Morgan fingerprint density at radius 3 is 2.64 bits per heavy atom. The molecule has 1 saturated heterocycles. The summed E-state index contributed by atoms with van der Waals surface area (Å²) in [5.74, 6) is 3.22. The molecule has 4 aliphatic heterocycles. The van der Waals surface area contributed by atoms with Crippen LogP contribution < -0.4 is 18.9 Å². The molecule has 0 unspecified atom stereocenters. The first kappa shape index (κ1) is 21.6. The number of benzene rings is 3. The molecule has 4 heterocycles. The molecule has 7 rings (SSSR count). The Hall–Kier alpha value is -3.71. The fourth-order valence-corrected chi connectivity index (χ4v) is 5.91. The fraction of sp³-hybridized carbons (Fsp3) is 0.345. The molecule has 3 aromatic rings. The van der Waals surface area contributed by atoms with Gasteiger partial charge in [-0.1, -0.05) is 42.5 Å². The number of hydrazone groups is 1. The van der Waals surface area contributed by atoms with Crippen LogP contribution >= 0.6 is 0 Å². The summed E-state index contributed by atoms with van der Waals surface area (Å²) in [6.07, 6.45) is 2.54. The van der Waals surface area contributed by atoms with Gasteiger partial charge >= 0.3 is 0 Å². The van der Waals surface area contributed by atoms with Crippen molar-refractivity contribution in [2.45, 2.75) is 37.6 Å². The minimum absolute atomic E-state index is 0.102. The van der Waals surface area contributed by atoms with E-state index in [1.807, 2.05) is 24.3 Å². The van der Waals surface area contributed by atoms with Crippen molar-refractivity contribution in [1.82, 2.24) is 9.91 Å². The van der Waals surface area contributed by atoms with Crippen LogP contribution in [0, 0.1) is 0 Å². The molecule has 0 radical (unpaired) electrons. The zero-order valence-electron chi connectivity index (χ0n) is 20.4. The van der Waals surface area contributed by atoms with Crippen molar-refractivity contribution >= 4 is 5.71 Å². The standard InChI is InChI=1S/C29H29N3O4/c1-33-26-9-5-8-22-24-17-23(21-10-11-25-27(16-21)35-19-34-25)30-32(24)29(36-28(22)26)12-14-31(15-13-29)18-20-6-3-2-4-7-20/h2-11,16,24H,12-15,17-19H2,1H3/t24-/m1/s1. The number of methoxy groups -OCH3 is 1. The van der Waals surface area contributed by atoms with Gasteiger partial charge in [-0.15, -0.1) is 0 Å². The quantitative estimate of drug-likeness (QED) is 0.523. The predicted octanol–water partition coefficient (Wildman–Crippen LogP) is 4.96. The number of para-hydroxylation sites is 1. The first-order valence-electron chi connectivity index (χ1n) is 12.6. The van der Waals surface area contributed by atoms with Gasteiger partial charge in [-0.3, -0.25) is 4.90 Å². The molecule has 184 valence electrons. The molecule has 1 spiro atoms. The lowest BCUT2D eigenvalue weighted by Gasteiger charge is -2.51. The molecule has 0 amide bonds. The van der Waals surface area contributed by atoms with E-state index >= 15 is 0 Å². The molecular formula is C29H29N3O4. The third kappa shape index (κ3) is 3.49. The number of ether oxygens (including phenoxy) is 4. The summed E-state index contributed by atoms with van der Waals surface area (Å²) in [6.45, 7) is 3.10. The van der Waals surface area contributed by atoms with E-state index < -0.39 is 5.72 Å². The van der Waals surface area contributed by atoms with Gasteiger partial charge < -0.3 is 18.9 Å². The van der Waals surface area contributed by atoms with Gasteiger partial charge in [-0.25, -0.2) is 5.01 Å². The molecule has 0 saturated carbocycles. The van der Waals surface area contributed by atoms with E-state index in [1.165, 1.54) is 5.56 Å². The highest BCUT2D eigenvalue weighted by Crippen LogP contribution is 2.53. The van der Waals surface area contributed by atoms with Crippen molar-refractivity contribution in [2.24, 2.45) is 5.10 Å². The first-order chi connectivity index (χ1) is 17.7. The zero-order valence-corrected chi connectivity index (χ0v) is 20.4. The smallest absolute Gasteiger partial charge is 0.231 e. The van der Waals surface area contributed by atoms with Crippen LogP contribution in [-0.4, -0.2) is 48.3 Å². The molecule has 7 nitrogen and oxygen atoms in total. The minimum Gasteiger partial charge on any atom is -0.493 e. The Morgan fingerprint density at radius 2 is 1.81 bits per heavy atom. The molecule has 1 atom stereocenters. The maximum atomic E-state index is 6.88. The number of likely N-dealkylation sites (tertiary alicyclic amines) is 1. The van der Waals surface area contributed by atoms with Crippen molar-refractivity contribution in [2.75, 3.05) is 27.0 Å². The lowest BCUT2D eigenvalue weighted by molar-refractivity contribution is -0.151. The summed E-state index contributed by atoms with van der Waals surface area (Å²) in [6, 6.07) is 23.0. The molecule has 1 fully saturated rings. The Kier molecular flexibility index (Phi) is 5.06. The second kappa shape index (κ2) is 8.45. The highest BCUT2D eigenvalue weighted by atomic mass is 16.7. The highest BCUT2D eigenvalue weighted by Gasteiger charge is 2.52. The van der Waals surface area contributed by atoms with Crippen LogP contribution in [0.5, 0.6) is 23.0 Å². The summed E-state index contributed by atoms with van der Waals surface area (Å²) in [5, 5.41) is 7.46. The predicted molar refractivity (Wildman–Crippen MR) is 136 cm³/mol. The van der Waals surface area contributed by atoms with Gasteiger partial charge in [0.05, 0.1) is 18.9 Å². The van der Waals surface area contributed by atoms with E-state index in [1.54, 1.807) is 7.11 Å². The van der Waals surface area contributed by atoms with Crippen LogP contribution in [0.4, 0.5) is 0 Å². The van der Waals surface area contributed by atoms with Gasteiger partial charge in [0.2, 0.25) is 12.5 Å². The third-order valence-electron chi connectivity index (χ3n) is 7.80. The summed E-state index contributed by atoms with van der Waals surface area (Å²) >= 11 is 0. The highest BCUT2D eigenvalue weighted by molar-refractivity contribution is 6.02. The molecule has 0 N–H and O–H groups in total. The largest absolute Gasteiger partial charge is 0.493 e. The van der Waals surface area contributed by atoms with E-state index in [0.29, 0.717) is 0 Å². The van der Waals surface area contributed by atoms with Crippen LogP contribution in [0.1, 0.15) is 42.0 Å². The molecule has 0 aliphatic carbocycles. The molecule has 7 heteroatoms. The number of hydrogen-bond acceptors (Lipinski definition) is 7. The average molecular weight is 484 g/mol. The van der Waals surface area contributed by atoms with Gasteiger partial charge in [0, 0.05) is 50.0 Å². The summed E-state index contributed by atoms with van der Waals surface area (Å²) < 4.78 is 23.8. The first-order valence-corrected chi connectivity index (χ1v) is 12.6. The zero-order chi connectivity index (χ0) is 24.1. The van der Waals surface area contributed by atoms with E-state index in [4.69, 9.17) is 24.0 Å². The number of hydrogen-bond donors (Lipinski definition) is 0. The van der Waals surface area contributed by atoms with Crippen LogP contribution in [-0.2, 0) is 6.54 Å². The van der Waals surface area contributed by atoms with E-state index in [-0.39, 0.29) is 12.8 Å². The SMILES string of the molecule is COc1cccc2c1OC1(CCN(Cc3ccccc3)CC1)N1N=C(c3ccc4c(c3)OCO4)C[C@H]21. The molecule has 0 bridgehead atoms. The van der Waals surface area contributed by atoms with Crippen LogP contribution in [0.3, 0.4) is 0 Å². The van der Waals surface area contributed by atoms with Crippen molar-refractivity contribution in [1.29, 1.82) is 0 Å². The van der Waals surface area contributed by atoms with Crippen LogP contribution in [0.2, 0.25) is 0 Å². The van der Waals surface area contributed by atoms with E-state index in [0.717, 1.165) is 78.7 Å². The Morgan fingerprint density at radius 1 is 0.972 bits per heavy atom. The topological polar surface area (TPSA) is 55.8 Å². The normalized spacial score (nSPS) is 21.5.